The van der Waals surface area contributed by atoms with Gasteiger partial charge in [0.2, 0.25) is 0 Å². The van der Waals surface area contributed by atoms with Gasteiger partial charge in [0, 0.05) is 18.2 Å². The molecule has 0 N–H and O–H groups in total. The predicted octanol–water partition coefficient (Wildman–Crippen LogP) is 3.15. The van der Waals surface area contributed by atoms with Crippen molar-refractivity contribution in [3.05, 3.63) is 29.1 Å². The molecule has 1 aliphatic heterocycles. The molecule has 7 heteroatoms. The first-order chi connectivity index (χ1) is 9.52. The highest BCUT2D eigenvalue weighted by Gasteiger charge is 2.38. The maximum absolute atomic E-state index is 12.7. The molecule has 0 unspecified atom stereocenters. The lowest BCUT2D eigenvalue weighted by Crippen LogP contribution is -2.30. The quantitative estimate of drug-likeness (QED) is 0.757. The van der Waals surface area contributed by atoms with Gasteiger partial charge in [-0.15, -0.1) is 23.1 Å². The maximum Gasteiger partial charge on any atom is 0.266 e. The van der Waals surface area contributed by atoms with Crippen LogP contribution < -0.4 is 4.31 Å². The van der Waals surface area contributed by atoms with Crippen molar-refractivity contribution >= 4 is 38.8 Å². The van der Waals surface area contributed by atoms with E-state index in [4.69, 9.17) is 0 Å². The zero-order valence-corrected chi connectivity index (χ0v) is 13.2. The molecular weight excluding hydrogens is 312 g/mol. The fraction of sp³-hybridized carbons (Fsp3) is 0.154. The molecule has 0 amide bonds. The molecule has 0 atom stereocenters. The Bertz CT molecular complexity index is 847. The first kappa shape index (κ1) is 13.5. The molecule has 102 valence electrons. The third-order valence-corrected chi connectivity index (χ3v) is 7.57. The highest BCUT2D eigenvalue weighted by Crippen LogP contribution is 2.50. The van der Waals surface area contributed by atoms with Crippen molar-refractivity contribution in [2.24, 2.45) is 0 Å². The van der Waals surface area contributed by atoms with Gasteiger partial charge in [-0.05, 0) is 12.3 Å². The van der Waals surface area contributed by atoms with Crippen molar-refractivity contribution in [2.45, 2.75) is 9.10 Å². The van der Waals surface area contributed by atoms with Crippen LogP contribution in [0.1, 0.15) is 4.88 Å². The number of fused-ring (bicyclic) bond motifs is 3. The number of hydrogen-bond donors (Lipinski definition) is 0. The molecule has 0 saturated carbocycles. The van der Waals surface area contributed by atoms with Crippen LogP contribution in [0.25, 0.3) is 11.1 Å². The average molecular weight is 322 g/mol. The number of sulfonamides is 1. The van der Waals surface area contributed by atoms with Crippen LogP contribution in [0, 0.1) is 11.3 Å². The Morgan fingerprint density at radius 1 is 1.35 bits per heavy atom. The summed E-state index contributed by atoms with van der Waals surface area (Å²) in [5.74, 6) is 0. The van der Waals surface area contributed by atoms with Gasteiger partial charge >= 0.3 is 0 Å². The van der Waals surface area contributed by atoms with Gasteiger partial charge in [-0.2, -0.15) is 5.26 Å². The minimum absolute atomic E-state index is 0.271. The lowest BCUT2D eigenvalue weighted by Gasteiger charge is -2.27. The molecule has 3 rings (SSSR count). The second-order valence-corrected chi connectivity index (χ2v) is 8.23. The summed E-state index contributed by atoms with van der Waals surface area (Å²) in [6, 6.07) is 9.39. The average Bonchev–Trinajstić information content (AvgIpc) is 2.85. The van der Waals surface area contributed by atoms with Gasteiger partial charge in [-0.3, -0.25) is 4.31 Å². The van der Waals surface area contributed by atoms with E-state index in [1.165, 1.54) is 27.4 Å². The van der Waals surface area contributed by atoms with Crippen LogP contribution >= 0.6 is 23.1 Å². The molecule has 0 bridgehead atoms. The van der Waals surface area contributed by atoms with Crippen molar-refractivity contribution in [2.75, 3.05) is 17.6 Å². The summed E-state index contributed by atoms with van der Waals surface area (Å²) in [5, 5.41) is 9.31. The monoisotopic (exact) mass is 322 g/mol. The number of nitrogens with zero attached hydrogens (tertiary/aromatic N) is 2. The molecule has 2 heterocycles. The molecule has 0 spiro atoms. The van der Waals surface area contributed by atoms with Gasteiger partial charge in [0.05, 0.1) is 9.90 Å². The van der Waals surface area contributed by atoms with Crippen molar-refractivity contribution in [1.82, 2.24) is 0 Å². The normalized spacial score (nSPS) is 15.3. The SMILES string of the molecule is CSc1sc(C#N)c2c1S(=O)(=O)N(C)c1ccccc1-2. The van der Waals surface area contributed by atoms with Crippen molar-refractivity contribution < 1.29 is 8.42 Å². The lowest BCUT2D eigenvalue weighted by molar-refractivity contribution is 0.592. The summed E-state index contributed by atoms with van der Waals surface area (Å²) < 4.78 is 27.3. The minimum atomic E-state index is -3.59. The molecule has 0 aliphatic carbocycles. The standard InChI is InChI=1S/C13H10N2O2S3/c1-15-9-6-4-3-5-8(9)11-10(7-14)19-13(18-2)12(11)20(15,16)17/h3-6H,1-2H3. The summed E-state index contributed by atoms with van der Waals surface area (Å²) in [5.41, 5.74) is 1.96. The summed E-state index contributed by atoms with van der Waals surface area (Å²) in [6.45, 7) is 0. The number of nitriles is 1. The third-order valence-electron chi connectivity index (χ3n) is 3.25. The minimum Gasteiger partial charge on any atom is -0.269 e. The summed E-state index contributed by atoms with van der Waals surface area (Å²) in [7, 11) is -2.05. The first-order valence-electron chi connectivity index (χ1n) is 5.71. The van der Waals surface area contributed by atoms with Crippen molar-refractivity contribution in [3.8, 4) is 17.2 Å². The second-order valence-electron chi connectivity index (χ2n) is 4.23. The number of hydrogen-bond acceptors (Lipinski definition) is 5. The lowest BCUT2D eigenvalue weighted by atomic mass is 10.0. The van der Waals surface area contributed by atoms with Crippen LogP contribution in [0.4, 0.5) is 5.69 Å². The Morgan fingerprint density at radius 3 is 2.70 bits per heavy atom. The molecular formula is C13H10N2O2S3. The first-order valence-corrected chi connectivity index (χ1v) is 9.19. The Hall–Kier alpha value is -1.49. The zero-order valence-electron chi connectivity index (χ0n) is 10.7. The summed E-state index contributed by atoms with van der Waals surface area (Å²) in [4.78, 5) is 0.723. The number of benzene rings is 1. The van der Waals surface area contributed by atoms with Crippen LogP contribution in [0.15, 0.2) is 33.4 Å². The molecule has 0 radical (unpaired) electrons. The molecule has 1 aromatic heterocycles. The Labute approximate surface area is 125 Å². The van der Waals surface area contributed by atoms with Gasteiger partial charge in [0.15, 0.2) is 0 Å². The van der Waals surface area contributed by atoms with E-state index in [0.717, 1.165) is 5.56 Å². The van der Waals surface area contributed by atoms with Crippen LogP contribution in [-0.2, 0) is 10.0 Å². The van der Waals surface area contributed by atoms with Gasteiger partial charge in [0.25, 0.3) is 10.0 Å². The van der Waals surface area contributed by atoms with Gasteiger partial charge in [-0.1, -0.05) is 18.2 Å². The van der Waals surface area contributed by atoms with Crippen molar-refractivity contribution in [3.63, 3.8) is 0 Å². The largest absolute Gasteiger partial charge is 0.269 e. The number of para-hydroxylation sites is 1. The molecule has 20 heavy (non-hydrogen) atoms. The van der Waals surface area contributed by atoms with Crippen molar-refractivity contribution in [1.29, 1.82) is 5.26 Å². The van der Waals surface area contributed by atoms with E-state index < -0.39 is 10.0 Å². The van der Waals surface area contributed by atoms with E-state index in [-0.39, 0.29) is 4.90 Å². The van der Waals surface area contributed by atoms with Gasteiger partial charge in [0.1, 0.15) is 15.8 Å². The fourth-order valence-corrected chi connectivity index (χ4v) is 6.37. The second kappa shape index (κ2) is 4.52. The number of thioether (sulfide) groups is 1. The third kappa shape index (κ3) is 1.62. The zero-order chi connectivity index (χ0) is 14.5. The van der Waals surface area contributed by atoms with Crippen LogP contribution in [0.3, 0.4) is 0 Å². The smallest absolute Gasteiger partial charge is 0.266 e. The van der Waals surface area contributed by atoms with E-state index in [1.54, 1.807) is 19.2 Å². The highest BCUT2D eigenvalue weighted by molar-refractivity contribution is 8.01. The molecule has 4 nitrogen and oxygen atoms in total. The Morgan fingerprint density at radius 2 is 2.05 bits per heavy atom. The summed E-state index contributed by atoms with van der Waals surface area (Å²) >= 11 is 2.60. The fourth-order valence-electron chi connectivity index (χ4n) is 2.31. The topological polar surface area (TPSA) is 61.2 Å². The van der Waals surface area contributed by atoms with E-state index in [1.807, 2.05) is 18.4 Å². The number of anilines is 1. The highest BCUT2D eigenvalue weighted by atomic mass is 32.2. The van der Waals surface area contributed by atoms with Gasteiger partial charge in [-0.25, -0.2) is 8.42 Å². The molecule has 0 saturated heterocycles. The van der Waals surface area contributed by atoms with Crippen LogP contribution in [-0.4, -0.2) is 21.7 Å². The molecule has 1 aliphatic rings. The number of rotatable bonds is 1. The maximum atomic E-state index is 12.7. The number of thiophene rings is 1. The van der Waals surface area contributed by atoms with E-state index >= 15 is 0 Å². The van der Waals surface area contributed by atoms with E-state index in [2.05, 4.69) is 6.07 Å². The summed E-state index contributed by atoms with van der Waals surface area (Å²) in [6.07, 6.45) is 1.82. The predicted molar refractivity (Wildman–Crippen MR) is 81.8 cm³/mol. The molecule has 1 aromatic carbocycles. The van der Waals surface area contributed by atoms with E-state index in [0.29, 0.717) is 20.3 Å². The van der Waals surface area contributed by atoms with E-state index in [9.17, 15) is 13.7 Å². The Balaban J connectivity index is 2.51. The molecule has 0 fully saturated rings. The Kier molecular flexibility index (Phi) is 3.05. The van der Waals surface area contributed by atoms with Crippen LogP contribution in [0.5, 0.6) is 0 Å². The van der Waals surface area contributed by atoms with Gasteiger partial charge < -0.3 is 0 Å². The van der Waals surface area contributed by atoms with Crippen LogP contribution in [0.2, 0.25) is 0 Å². The molecule has 2 aromatic rings.